The first-order valence-corrected chi connectivity index (χ1v) is 8.82. The Morgan fingerprint density at radius 1 is 1.11 bits per heavy atom. The van der Waals surface area contributed by atoms with Crippen molar-refractivity contribution in [1.82, 2.24) is 4.98 Å². The van der Waals surface area contributed by atoms with Crippen LogP contribution in [0, 0.1) is 22.7 Å². The molecule has 0 bridgehead atoms. The zero-order valence-corrected chi connectivity index (χ0v) is 15.4. The van der Waals surface area contributed by atoms with Crippen molar-refractivity contribution < 1.29 is 19.1 Å². The Balaban J connectivity index is 1.81. The number of carbonyl (C=O) groups excluding carboxylic acids is 2. The normalized spacial score (nSPS) is 23.0. The second-order valence-electron chi connectivity index (χ2n) is 6.81. The molecule has 3 atom stereocenters. The van der Waals surface area contributed by atoms with Gasteiger partial charge in [0.15, 0.2) is 5.78 Å². The van der Waals surface area contributed by atoms with Gasteiger partial charge in [0.25, 0.3) is 0 Å². The van der Waals surface area contributed by atoms with E-state index in [1.807, 2.05) is 24.3 Å². The Labute approximate surface area is 161 Å². The fourth-order valence-electron chi connectivity index (χ4n) is 4.06. The van der Waals surface area contributed by atoms with Crippen molar-refractivity contribution in [1.29, 1.82) is 5.26 Å². The van der Waals surface area contributed by atoms with Crippen molar-refractivity contribution in [3.05, 3.63) is 65.9 Å². The number of H-pyrrole nitrogens is 1. The molecule has 0 radical (unpaired) electrons. The molecule has 0 amide bonds. The number of rotatable bonds is 5. The highest BCUT2D eigenvalue weighted by molar-refractivity contribution is 6.16. The number of ketones is 1. The van der Waals surface area contributed by atoms with E-state index in [0.29, 0.717) is 11.3 Å². The highest BCUT2D eigenvalue weighted by Crippen LogP contribution is 2.66. The van der Waals surface area contributed by atoms with Crippen molar-refractivity contribution >= 4 is 22.7 Å². The van der Waals surface area contributed by atoms with Crippen LogP contribution >= 0.6 is 0 Å². The lowest BCUT2D eigenvalue weighted by atomic mass is 9.90. The number of hydrogen-bond acceptors (Lipinski definition) is 5. The van der Waals surface area contributed by atoms with Gasteiger partial charge in [-0.2, -0.15) is 5.26 Å². The van der Waals surface area contributed by atoms with Gasteiger partial charge in [0.05, 0.1) is 26.2 Å². The molecule has 1 aromatic heterocycles. The van der Waals surface area contributed by atoms with Gasteiger partial charge in [-0.15, -0.1) is 0 Å². The fraction of sp³-hybridized carbons (Fsp3) is 0.227. The number of nitrogens with zero attached hydrogens (tertiary/aromatic N) is 1. The summed E-state index contributed by atoms with van der Waals surface area (Å²) >= 11 is 0. The lowest BCUT2D eigenvalue weighted by Gasteiger charge is -2.08. The van der Waals surface area contributed by atoms with Crippen molar-refractivity contribution in [2.24, 2.45) is 11.3 Å². The van der Waals surface area contributed by atoms with Crippen LogP contribution in [0.5, 0.6) is 5.75 Å². The van der Waals surface area contributed by atoms with Crippen LogP contribution in [0.25, 0.3) is 10.9 Å². The van der Waals surface area contributed by atoms with Crippen LogP contribution in [0.2, 0.25) is 0 Å². The fourth-order valence-corrected chi connectivity index (χ4v) is 4.06. The number of fused-ring (bicyclic) bond motifs is 1. The lowest BCUT2D eigenvalue weighted by Crippen LogP contribution is -2.21. The molecule has 6 nitrogen and oxygen atoms in total. The molecule has 3 aromatic rings. The Bertz CT molecular complexity index is 1110. The van der Waals surface area contributed by atoms with Crippen LogP contribution < -0.4 is 4.74 Å². The Morgan fingerprint density at radius 2 is 1.82 bits per heavy atom. The molecule has 4 rings (SSSR count). The molecule has 1 aliphatic carbocycles. The summed E-state index contributed by atoms with van der Waals surface area (Å²) < 4.78 is 10.1. The first-order valence-electron chi connectivity index (χ1n) is 8.82. The zero-order chi connectivity index (χ0) is 19.9. The van der Waals surface area contributed by atoms with Crippen molar-refractivity contribution in [3.63, 3.8) is 0 Å². The van der Waals surface area contributed by atoms with Gasteiger partial charge in [-0.05, 0) is 23.8 Å². The summed E-state index contributed by atoms with van der Waals surface area (Å²) in [5.41, 5.74) is 0.440. The average Bonchev–Trinajstić information content (AvgIpc) is 3.26. The molecule has 2 aromatic carbocycles. The summed E-state index contributed by atoms with van der Waals surface area (Å²) in [5, 5.41) is 10.8. The quantitative estimate of drug-likeness (QED) is 0.545. The second kappa shape index (κ2) is 6.54. The van der Waals surface area contributed by atoms with Crippen LogP contribution in [-0.4, -0.2) is 31.0 Å². The number of hydrogen-bond donors (Lipinski definition) is 1. The van der Waals surface area contributed by atoms with Gasteiger partial charge in [0, 0.05) is 28.6 Å². The lowest BCUT2D eigenvalue weighted by molar-refractivity contribution is -0.142. The maximum atomic E-state index is 13.5. The van der Waals surface area contributed by atoms with Gasteiger partial charge >= 0.3 is 5.97 Å². The van der Waals surface area contributed by atoms with Gasteiger partial charge < -0.3 is 14.5 Å². The van der Waals surface area contributed by atoms with E-state index < -0.39 is 23.2 Å². The monoisotopic (exact) mass is 374 g/mol. The van der Waals surface area contributed by atoms with Gasteiger partial charge in [-0.1, -0.05) is 30.3 Å². The maximum Gasteiger partial charge on any atom is 0.311 e. The average molecular weight is 374 g/mol. The number of Topliss-reactive ketones (excluding diaryl/α,β-unsaturated/α-hetero) is 1. The topological polar surface area (TPSA) is 92.2 Å². The first-order chi connectivity index (χ1) is 13.6. The summed E-state index contributed by atoms with van der Waals surface area (Å²) in [5.74, 6) is -1.70. The Hall–Kier alpha value is -3.59. The minimum atomic E-state index is -1.49. The summed E-state index contributed by atoms with van der Waals surface area (Å²) in [6.07, 6.45) is 1.60. The van der Waals surface area contributed by atoms with Crippen LogP contribution in [-0.2, 0) is 9.53 Å². The predicted octanol–water partition coefficient (Wildman–Crippen LogP) is 3.46. The smallest absolute Gasteiger partial charge is 0.311 e. The van der Waals surface area contributed by atoms with Crippen molar-refractivity contribution in [2.45, 2.75) is 5.92 Å². The van der Waals surface area contributed by atoms with E-state index in [-0.39, 0.29) is 5.78 Å². The molecule has 140 valence electrons. The summed E-state index contributed by atoms with van der Waals surface area (Å²) in [6.45, 7) is 0. The van der Waals surface area contributed by atoms with E-state index in [9.17, 15) is 14.9 Å². The van der Waals surface area contributed by atoms with E-state index in [1.54, 1.807) is 37.6 Å². The van der Waals surface area contributed by atoms with Gasteiger partial charge in [0.1, 0.15) is 11.2 Å². The molecule has 6 heteroatoms. The number of nitrogens with one attached hydrogen (secondary N) is 1. The molecule has 0 saturated heterocycles. The van der Waals surface area contributed by atoms with Gasteiger partial charge in [-0.3, -0.25) is 9.59 Å². The van der Waals surface area contributed by atoms with Crippen molar-refractivity contribution in [2.75, 3.05) is 14.2 Å². The van der Waals surface area contributed by atoms with Crippen LogP contribution in [0.3, 0.4) is 0 Å². The predicted molar refractivity (Wildman–Crippen MR) is 102 cm³/mol. The number of aromatic nitrogens is 1. The summed E-state index contributed by atoms with van der Waals surface area (Å²) in [6, 6.07) is 16.6. The number of para-hydroxylation sites is 1. The Kier molecular flexibility index (Phi) is 4.16. The number of ether oxygens (including phenoxy) is 2. The van der Waals surface area contributed by atoms with Crippen molar-refractivity contribution in [3.8, 4) is 11.8 Å². The molecule has 1 saturated carbocycles. The third kappa shape index (κ3) is 2.40. The highest BCUT2D eigenvalue weighted by atomic mass is 16.5. The van der Waals surface area contributed by atoms with Gasteiger partial charge in [-0.25, -0.2) is 0 Å². The zero-order valence-electron chi connectivity index (χ0n) is 15.4. The SMILES string of the molecule is COC(=O)[C@@H]1[C@@H](c2ccc(OC)cc2)[C@@]1(C#N)C(=O)c1c[nH]c2ccccc12. The first kappa shape index (κ1) is 17.8. The second-order valence-corrected chi connectivity index (χ2v) is 6.81. The highest BCUT2D eigenvalue weighted by Gasteiger charge is 2.74. The third-order valence-corrected chi connectivity index (χ3v) is 5.53. The van der Waals surface area contributed by atoms with Crippen LogP contribution in [0.15, 0.2) is 54.7 Å². The summed E-state index contributed by atoms with van der Waals surface area (Å²) in [4.78, 5) is 29.0. The number of aromatic amines is 1. The largest absolute Gasteiger partial charge is 0.497 e. The number of nitriles is 1. The van der Waals surface area contributed by atoms with Crippen LogP contribution in [0.1, 0.15) is 21.8 Å². The number of benzene rings is 2. The van der Waals surface area contributed by atoms with Gasteiger partial charge in [0.2, 0.25) is 0 Å². The van der Waals surface area contributed by atoms with E-state index >= 15 is 0 Å². The number of carbonyl (C=O) groups is 2. The van der Waals surface area contributed by atoms with E-state index in [2.05, 4.69) is 11.1 Å². The van der Waals surface area contributed by atoms with E-state index in [4.69, 9.17) is 9.47 Å². The summed E-state index contributed by atoms with van der Waals surface area (Å²) in [7, 11) is 2.83. The molecule has 0 spiro atoms. The molecule has 1 aliphatic rings. The minimum absolute atomic E-state index is 0.372. The van der Waals surface area contributed by atoms with Crippen LogP contribution in [0.4, 0.5) is 0 Å². The maximum absolute atomic E-state index is 13.5. The molecular formula is C22H18N2O4. The molecule has 1 fully saturated rings. The standard InChI is InChI=1S/C22H18N2O4/c1-27-14-9-7-13(8-10-14)18-19(21(26)28-2)22(18,12-23)20(25)16-11-24-17-6-4-3-5-15(16)17/h3-11,18-19,24H,1-2H3/t18-,19+,22-/m1/s1. The molecule has 28 heavy (non-hydrogen) atoms. The van der Waals surface area contributed by atoms with E-state index in [1.165, 1.54) is 7.11 Å². The minimum Gasteiger partial charge on any atom is -0.497 e. The number of esters is 1. The Morgan fingerprint density at radius 3 is 2.46 bits per heavy atom. The molecular weight excluding hydrogens is 356 g/mol. The van der Waals surface area contributed by atoms with E-state index in [0.717, 1.165) is 16.5 Å². The molecule has 0 unspecified atom stereocenters. The third-order valence-electron chi connectivity index (χ3n) is 5.53. The molecule has 0 aliphatic heterocycles. The number of methoxy groups -OCH3 is 2. The molecule has 1 heterocycles. The molecule has 1 N–H and O–H groups in total.